The molecule has 3 N–H and O–H groups in total. The number of benzene rings is 3. The molecular formula is C24H16Cl2N2O3S. The summed E-state index contributed by atoms with van der Waals surface area (Å²) in [6.45, 7) is 1.88. The predicted octanol–water partition coefficient (Wildman–Crippen LogP) is 6.56. The Balaban J connectivity index is 1.91. The van der Waals surface area contributed by atoms with E-state index in [2.05, 4.69) is 4.98 Å². The Morgan fingerprint density at radius 2 is 1.66 bits per heavy atom. The molecule has 32 heavy (non-hydrogen) atoms. The molecule has 8 heteroatoms. The number of carboxylic acids is 1. The van der Waals surface area contributed by atoms with Crippen LogP contribution in [-0.4, -0.2) is 22.0 Å². The highest BCUT2D eigenvalue weighted by Gasteiger charge is 2.26. The number of carbonyl (C=O) groups excluding carboxylic acids is 1. The maximum absolute atomic E-state index is 12.5. The minimum absolute atomic E-state index is 0.0757. The highest BCUT2D eigenvalue weighted by atomic mass is 35.5. The molecular weight excluding hydrogens is 467 g/mol. The second-order valence-electron chi connectivity index (χ2n) is 7.06. The number of carboxylic acid groups (broad SMARTS) is 1. The van der Waals surface area contributed by atoms with Crippen LogP contribution in [-0.2, 0) is 0 Å². The highest BCUT2D eigenvalue weighted by Crippen LogP contribution is 2.38. The van der Waals surface area contributed by atoms with Gasteiger partial charge in [-0.1, -0.05) is 65.7 Å². The van der Waals surface area contributed by atoms with Gasteiger partial charge in [0.15, 0.2) is 0 Å². The predicted molar refractivity (Wildman–Crippen MR) is 129 cm³/mol. The Bertz CT molecular complexity index is 1380. The molecule has 0 atom stereocenters. The fourth-order valence-corrected chi connectivity index (χ4v) is 4.70. The Hall–Kier alpha value is -3.19. The first-order valence-corrected chi connectivity index (χ1v) is 11.1. The van der Waals surface area contributed by atoms with Crippen molar-refractivity contribution < 1.29 is 14.7 Å². The zero-order valence-corrected chi connectivity index (χ0v) is 19.1. The number of primary amides is 1. The Labute approximate surface area is 198 Å². The molecule has 160 valence electrons. The molecule has 4 rings (SSSR count). The van der Waals surface area contributed by atoms with Crippen molar-refractivity contribution in [1.82, 2.24) is 4.98 Å². The molecule has 0 bridgehead atoms. The molecule has 0 saturated carbocycles. The van der Waals surface area contributed by atoms with Crippen molar-refractivity contribution in [3.05, 3.63) is 86.7 Å². The van der Waals surface area contributed by atoms with Crippen molar-refractivity contribution in [3.8, 4) is 33.0 Å². The normalized spacial score (nSPS) is 10.8. The molecule has 0 saturated heterocycles. The molecule has 4 aromatic rings. The van der Waals surface area contributed by atoms with E-state index in [0.717, 1.165) is 16.7 Å². The molecule has 0 aliphatic rings. The van der Waals surface area contributed by atoms with Gasteiger partial charge in [-0.3, -0.25) is 4.79 Å². The number of halogens is 2. The first kappa shape index (κ1) is 22.0. The molecule has 1 aromatic heterocycles. The second kappa shape index (κ2) is 8.74. The second-order valence-corrected chi connectivity index (χ2v) is 8.73. The topological polar surface area (TPSA) is 93.3 Å². The van der Waals surface area contributed by atoms with Crippen LogP contribution < -0.4 is 5.73 Å². The van der Waals surface area contributed by atoms with Crippen molar-refractivity contribution in [1.29, 1.82) is 0 Å². The molecule has 1 amide bonds. The van der Waals surface area contributed by atoms with E-state index in [0.29, 0.717) is 31.9 Å². The number of thiazole rings is 1. The third kappa shape index (κ3) is 4.00. The summed E-state index contributed by atoms with van der Waals surface area (Å²) in [6, 6.07) is 15.9. The van der Waals surface area contributed by atoms with Crippen molar-refractivity contribution in [2.45, 2.75) is 6.92 Å². The number of amides is 1. The number of nitrogens with zero attached hydrogens (tertiary/aromatic N) is 1. The maximum Gasteiger partial charge on any atom is 0.337 e. The van der Waals surface area contributed by atoms with Gasteiger partial charge in [0.25, 0.3) is 0 Å². The van der Waals surface area contributed by atoms with E-state index in [1.54, 1.807) is 35.7 Å². The van der Waals surface area contributed by atoms with Gasteiger partial charge in [-0.2, -0.15) is 0 Å². The van der Waals surface area contributed by atoms with E-state index < -0.39 is 11.9 Å². The number of rotatable bonds is 5. The number of nitrogens with two attached hydrogens (primary N) is 1. The average Bonchev–Trinajstić information content (AvgIpc) is 3.25. The van der Waals surface area contributed by atoms with Crippen LogP contribution in [0.1, 0.15) is 26.3 Å². The lowest BCUT2D eigenvalue weighted by Gasteiger charge is -2.15. The standard InChI is InChI=1S/C24H16Cl2N2O3S/c1-12-4-2-3-5-14(12)15-7-8-16(20(22(27)29)21(15)24(30)31)23-28-19(11-32-23)13-6-9-17(25)18(26)10-13/h2-11H,1H3,(H2,27,29)(H,30,31). The van der Waals surface area contributed by atoms with Gasteiger partial charge in [0.05, 0.1) is 26.9 Å². The third-order valence-electron chi connectivity index (χ3n) is 5.05. The van der Waals surface area contributed by atoms with E-state index in [1.807, 2.05) is 31.2 Å². The molecule has 1 heterocycles. The summed E-state index contributed by atoms with van der Waals surface area (Å²) in [5.41, 5.74) is 9.22. The van der Waals surface area contributed by atoms with E-state index in [-0.39, 0.29) is 11.1 Å². The van der Waals surface area contributed by atoms with E-state index in [9.17, 15) is 14.7 Å². The zero-order valence-electron chi connectivity index (χ0n) is 16.7. The summed E-state index contributed by atoms with van der Waals surface area (Å²) < 4.78 is 0. The van der Waals surface area contributed by atoms with Crippen molar-refractivity contribution in [3.63, 3.8) is 0 Å². The highest BCUT2D eigenvalue weighted by molar-refractivity contribution is 7.13. The van der Waals surface area contributed by atoms with Gasteiger partial charge in [0.1, 0.15) is 5.01 Å². The monoisotopic (exact) mass is 482 g/mol. The summed E-state index contributed by atoms with van der Waals surface area (Å²) in [7, 11) is 0. The molecule has 3 aromatic carbocycles. The number of aromatic carboxylic acids is 1. The fraction of sp³-hybridized carbons (Fsp3) is 0.0417. The lowest BCUT2D eigenvalue weighted by molar-refractivity contribution is 0.0693. The van der Waals surface area contributed by atoms with Crippen LogP contribution in [0.3, 0.4) is 0 Å². The van der Waals surface area contributed by atoms with Gasteiger partial charge in [0, 0.05) is 16.5 Å². The number of hydrogen-bond acceptors (Lipinski definition) is 4. The van der Waals surface area contributed by atoms with Gasteiger partial charge in [-0.05, 0) is 35.7 Å². The lowest BCUT2D eigenvalue weighted by Crippen LogP contribution is -2.19. The first-order chi connectivity index (χ1) is 15.3. The number of carbonyl (C=O) groups is 2. The fourth-order valence-electron chi connectivity index (χ4n) is 3.54. The molecule has 5 nitrogen and oxygen atoms in total. The Morgan fingerprint density at radius 1 is 0.938 bits per heavy atom. The number of aryl methyl sites for hydroxylation is 1. The largest absolute Gasteiger partial charge is 0.478 e. The van der Waals surface area contributed by atoms with Gasteiger partial charge in [-0.25, -0.2) is 9.78 Å². The Morgan fingerprint density at radius 3 is 2.31 bits per heavy atom. The molecule has 0 fully saturated rings. The van der Waals surface area contributed by atoms with Gasteiger partial charge < -0.3 is 10.8 Å². The number of hydrogen-bond donors (Lipinski definition) is 2. The van der Waals surface area contributed by atoms with Crippen LogP contribution in [0.15, 0.2) is 60.0 Å². The van der Waals surface area contributed by atoms with Crippen LogP contribution in [0.5, 0.6) is 0 Å². The van der Waals surface area contributed by atoms with Gasteiger partial charge >= 0.3 is 5.97 Å². The van der Waals surface area contributed by atoms with Crippen LogP contribution >= 0.6 is 34.5 Å². The SMILES string of the molecule is Cc1ccccc1-c1ccc(-c2nc(-c3ccc(Cl)c(Cl)c3)cs2)c(C(N)=O)c1C(=O)O. The van der Waals surface area contributed by atoms with Crippen LogP contribution in [0.4, 0.5) is 0 Å². The maximum atomic E-state index is 12.5. The zero-order chi connectivity index (χ0) is 23.0. The van der Waals surface area contributed by atoms with Crippen molar-refractivity contribution >= 4 is 46.4 Å². The summed E-state index contributed by atoms with van der Waals surface area (Å²) >= 11 is 13.4. The minimum atomic E-state index is -1.24. The van der Waals surface area contributed by atoms with E-state index in [1.165, 1.54) is 11.3 Å². The molecule has 0 aliphatic carbocycles. The summed E-state index contributed by atoms with van der Waals surface area (Å²) in [4.78, 5) is 29.3. The molecule has 0 radical (unpaired) electrons. The van der Waals surface area contributed by atoms with Crippen LogP contribution in [0, 0.1) is 6.92 Å². The molecule has 0 aliphatic heterocycles. The average molecular weight is 483 g/mol. The molecule has 0 spiro atoms. The third-order valence-corrected chi connectivity index (χ3v) is 6.67. The van der Waals surface area contributed by atoms with Crippen LogP contribution in [0.25, 0.3) is 33.0 Å². The Kier molecular flexibility index (Phi) is 6.02. The van der Waals surface area contributed by atoms with E-state index >= 15 is 0 Å². The first-order valence-electron chi connectivity index (χ1n) is 9.45. The summed E-state index contributed by atoms with van der Waals surface area (Å²) in [6.07, 6.45) is 0. The van der Waals surface area contributed by atoms with E-state index in [4.69, 9.17) is 28.9 Å². The van der Waals surface area contributed by atoms with Crippen molar-refractivity contribution in [2.75, 3.05) is 0 Å². The molecule has 0 unspecified atom stereocenters. The van der Waals surface area contributed by atoms with Gasteiger partial charge in [-0.15, -0.1) is 11.3 Å². The summed E-state index contributed by atoms with van der Waals surface area (Å²) in [5, 5.41) is 13.1. The smallest absolute Gasteiger partial charge is 0.337 e. The summed E-state index contributed by atoms with van der Waals surface area (Å²) in [5.74, 6) is -2.07. The van der Waals surface area contributed by atoms with Crippen molar-refractivity contribution in [2.24, 2.45) is 5.73 Å². The minimum Gasteiger partial charge on any atom is -0.478 e. The van der Waals surface area contributed by atoms with Gasteiger partial charge in [0.2, 0.25) is 5.91 Å². The quantitative estimate of drug-likeness (QED) is 0.336. The lowest BCUT2D eigenvalue weighted by atomic mass is 9.90. The number of aromatic nitrogens is 1. The van der Waals surface area contributed by atoms with Crippen LogP contribution in [0.2, 0.25) is 10.0 Å².